The molecule has 0 aliphatic carbocycles. The number of methoxy groups -OCH3 is 1. The van der Waals surface area contributed by atoms with Crippen LogP contribution in [-0.4, -0.2) is 42.0 Å². The summed E-state index contributed by atoms with van der Waals surface area (Å²) < 4.78 is 5.39. The Balaban J connectivity index is 1.61. The fourth-order valence-electron chi connectivity index (χ4n) is 4.79. The van der Waals surface area contributed by atoms with E-state index in [9.17, 15) is 4.79 Å². The Hall–Kier alpha value is -3.18. The molecule has 0 spiro atoms. The molecule has 1 atom stereocenters. The summed E-state index contributed by atoms with van der Waals surface area (Å²) in [5.41, 5.74) is 4.15. The van der Waals surface area contributed by atoms with E-state index in [0.717, 1.165) is 42.9 Å². The van der Waals surface area contributed by atoms with Crippen LogP contribution in [0.25, 0.3) is 11.1 Å². The standard InChI is InChI=1S/C28H33N3O2/c1-21(2)30-27(32)28(13-15-31(20-28)19-22-8-6-11-25(16-22)33-3)17-23-9-4-5-12-26(23)24-10-7-14-29-18-24/h4-12,14,16,18,21H,13,15,17,19-20H2,1-3H3,(H,30,32). The Kier molecular flexibility index (Phi) is 7.09. The van der Waals surface area contributed by atoms with Gasteiger partial charge >= 0.3 is 0 Å². The molecule has 172 valence electrons. The molecule has 5 heteroatoms. The largest absolute Gasteiger partial charge is 0.497 e. The number of nitrogens with one attached hydrogen (secondary N) is 1. The van der Waals surface area contributed by atoms with Crippen LogP contribution in [0.3, 0.4) is 0 Å². The van der Waals surface area contributed by atoms with Crippen LogP contribution in [0.4, 0.5) is 0 Å². The van der Waals surface area contributed by atoms with Crippen molar-refractivity contribution in [2.45, 2.75) is 39.3 Å². The van der Waals surface area contributed by atoms with E-state index >= 15 is 0 Å². The second kappa shape index (κ2) is 10.2. The van der Waals surface area contributed by atoms with Crippen LogP contribution in [0.1, 0.15) is 31.4 Å². The topological polar surface area (TPSA) is 54.5 Å². The number of likely N-dealkylation sites (tertiary alicyclic amines) is 1. The first-order chi connectivity index (χ1) is 16.0. The summed E-state index contributed by atoms with van der Waals surface area (Å²) in [4.78, 5) is 20.2. The normalized spacial score (nSPS) is 18.4. The molecule has 1 N–H and O–H groups in total. The number of aromatic nitrogens is 1. The van der Waals surface area contributed by atoms with E-state index in [0.29, 0.717) is 6.42 Å². The van der Waals surface area contributed by atoms with E-state index in [4.69, 9.17) is 4.74 Å². The SMILES string of the molecule is COc1cccc(CN2CCC(Cc3ccccc3-c3cccnc3)(C(=O)NC(C)C)C2)c1. The van der Waals surface area contributed by atoms with E-state index in [1.165, 1.54) is 11.1 Å². The first-order valence-corrected chi connectivity index (χ1v) is 11.6. The lowest BCUT2D eigenvalue weighted by atomic mass is 9.78. The molecular formula is C28H33N3O2. The molecule has 1 saturated heterocycles. The molecule has 1 fully saturated rings. The number of benzene rings is 2. The number of carbonyl (C=O) groups excluding carboxylic acids is 1. The minimum atomic E-state index is -0.471. The van der Waals surface area contributed by atoms with Crippen molar-refractivity contribution in [2.75, 3.05) is 20.2 Å². The van der Waals surface area contributed by atoms with Crippen LogP contribution < -0.4 is 10.1 Å². The van der Waals surface area contributed by atoms with Crippen molar-refractivity contribution >= 4 is 5.91 Å². The minimum Gasteiger partial charge on any atom is -0.497 e. The van der Waals surface area contributed by atoms with Crippen molar-refractivity contribution in [3.63, 3.8) is 0 Å². The Morgan fingerprint density at radius 3 is 2.76 bits per heavy atom. The summed E-state index contributed by atoms with van der Waals surface area (Å²) >= 11 is 0. The maximum atomic E-state index is 13.6. The summed E-state index contributed by atoms with van der Waals surface area (Å²) in [6, 6.07) is 20.7. The summed E-state index contributed by atoms with van der Waals surface area (Å²) in [7, 11) is 1.69. The van der Waals surface area contributed by atoms with E-state index in [2.05, 4.69) is 57.7 Å². The number of amides is 1. The molecule has 0 radical (unpaired) electrons. The van der Waals surface area contributed by atoms with Crippen molar-refractivity contribution in [1.29, 1.82) is 0 Å². The Labute approximate surface area is 196 Å². The summed E-state index contributed by atoms with van der Waals surface area (Å²) in [6.07, 6.45) is 5.21. The molecule has 33 heavy (non-hydrogen) atoms. The molecule has 1 unspecified atom stereocenters. The molecule has 2 aromatic carbocycles. The van der Waals surface area contributed by atoms with Gasteiger partial charge in [0.25, 0.3) is 0 Å². The zero-order valence-electron chi connectivity index (χ0n) is 19.8. The van der Waals surface area contributed by atoms with E-state index < -0.39 is 5.41 Å². The summed E-state index contributed by atoms with van der Waals surface area (Å²) in [5, 5.41) is 3.21. The molecule has 2 heterocycles. The predicted molar refractivity (Wildman–Crippen MR) is 132 cm³/mol. The van der Waals surface area contributed by atoms with Crippen LogP contribution in [-0.2, 0) is 17.8 Å². The Morgan fingerprint density at radius 1 is 1.15 bits per heavy atom. The van der Waals surface area contributed by atoms with Crippen molar-refractivity contribution in [3.8, 4) is 16.9 Å². The molecule has 1 aromatic heterocycles. The van der Waals surface area contributed by atoms with Gasteiger partial charge in [-0.1, -0.05) is 42.5 Å². The lowest BCUT2D eigenvalue weighted by Crippen LogP contribution is -2.46. The van der Waals surface area contributed by atoms with Crippen molar-refractivity contribution in [3.05, 3.63) is 84.2 Å². The van der Waals surface area contributed by atoms with Gasteiger partial charge in [0.1, 0.15) is 5.75 Å². The van der Waals surface area contributed by atoms with Crippen LogP contribution in [0, 0.1) is 5.41 Å². The van der Waals surface area contributed by atoms with Gasteiger partial charge in [0.05, 0.1) is 12.5 Å². The number of hydrogen-bond acceptors (Lipinski definition) is 4. The third-order valence-corrected chi connectivity index (χ3v) is 6.39. The number of carbonyl (C=O) groups is 1. The molecule has 4 rings (SSSR count). The van der Waals surface area contributed by atoms with Gasteiger partial charge in [-0.15, -0.1) is 0 Å². The van der Waals surface area contributed by atoms with Crippen molar-refractivity contribution in [2.24, 2.45) is 5.41 Å². The molecule has 0 saturated carbocycles. The second-order valence-corrected chi connectivity index (χ2v) is 9.30. The average Bonchev–Trinajstić information content (AvgIpc) is 3.23. The summed E-state index contributed by atoms with van der Waals surface area (Å²) in [6.45, 7) is 6.47. The first kappa shape index (κ1) is 23.0. The second-order valence-electron chi connectivity index (χ2n) is 9.30. The molecule has 1 amide bonds. The van der Waals surface area contributed by atoms with Crippen molar-refractivity contribution in [1.82, 2.24) is 15.2 Å². The molecule has 5 nitrogen and oxygen atoms in total. The quantitative estimate of drug-likeness (QED) is 0.548. The van der Waals surface area contributed by atoms with Gasteiger partial charge in [-0.3, -0.25) is 14.7 Å². The monoisotopic (exact) mass is 443 g/mol. The highest BCUT2D eigenvalue weighted by Crippen LogP contribution is 2.38. The predicted octanol–water partition coefficient (Wildman–Crippen LogP) is 4.72. The maximum absolute atomic E-state index is 13.6. The van der Waals surface area contributed by atoms with Gasteiger partial charge in [0.2, 0.25) is 5.91 Å². The van der Waals surface area contributed by atoms with E-state index in [-0.39, 0.29) is 11.9 Å². The lowest BCUT2D eigenvalue weighted by Gasteiger charge is -2.30. The number of hydrogen-bond donors (Lipinski definition) is 1. The van der Waals surface area contributed by atoms with Crippen LogP contribution >= 0.6 is 0 Å². The molecular weight excluding hydrogens is 410 g/mol. The zero-order valence-corrected chi connectivity index (χ0v) is 19.8. The van der Waals surface area contributed by atoms with Crippen LogP contribution in [0.5, 0.6) is 5.75 Å². The molecule has 1 aliphatic rings. The van der Waals surface area contributed by atoms with Gasteiger partial charge in [0, 0.05) is 37.1 Å². The third-order valence-electron chi connectivity index (χ3n) is 6.39. The molecule has 1 aliphatic heterocycles. The minimum absolute atomic E-state index is 0.107. The van der Waals surface area contributed by atoms with Gasteiger partial charge in [-0.05, 0) is 68.1 Å². The molecule has 3 aromatic rings. The van der Waals surface area contributed by atoms with Gasteiger partial charge < -0.3 is 10.1 Å². The highest BCUT2D eigenvalue weighted by molar-refractivity contribution is 5.84. The molecule has 0 bridgehead atoms. The average molecular weight is 444 g/mol. The maximum Gasteiger partial charge on any atom is 0.228 e. The van der Waals surface area contributed by atoms with Crippen LogP contribution in [0.15, 0.2) is 73.1 Å². The number of pyridine rings is 1. The van der Waals surface area contributed by atoms with Crippen molar-refractivity contribution < 1.29 is 9.53 Å². The van der Waals surface area contributed by atoms with E-state index in [1.807, 2.05) is 38.2 Å². The zero-order chi connectivity index (χ0) is 23.3. The Bertz CT molecular complexity index is 1080. The number of nitrogens with zero attached hydrogens (tertiary/aromatic N) is 2. The fourth-order valence-corrected chi connectivity index (χ4v) is 4.79. The highest BCUT2D eigenvalue weighted by atomic mass is 16.5. The fraction of sp³-hybridized carbons (Fsp3) is 0.357. The van der Waals surface area contributed by atoms with E-state index in [1.54, 1.807) is 13.3 Å². The third kappa shape index (κ3) is 5.42. The van der Waals surface area contributed by atoms with Gasteiger partial charge in [-0.25, -0.2) is 0 Å². The van der Waals surface area contributed by atoms with Gasteiger partial charge in [-0.2, -0.15) is 0 Å². The highest BCUT2D eigenvalue weighted by Gasteiger charge is 2.45. The summed E-state index contributed by atoms with van der Waals surface area (Å²) in [5.74, 6) is 1.01. The van der Waals surface area contributed by atoms with Gasteiger partial charge in [0.15, 0.2) is 0 Å². The number of rotatable bonds is 8. The smallest absolute Gasteiger partial charge is 0.228 e. The lowest BCUT2D eigenvalue weighted by molar-refractivity contribution is -0.131. The first-order valence-electron chi connectivity index (χ1n) is 11.6. The van der Waals surface area contributed by atoms with Crippen LogP contribution in [0.2, 0.25) is 0 Å². The number of ether oxygens (including phenoxy) is 1. The Morgan fingerprint density at radius 2 is 2.00 bits per heavy atom.